The lowest BCUT2D eigenvalue weighted by Crippen LogP contribution is -2.19. The number of nitriles is 3. The Hall–Kier alpha value is -3.87. The summed E-state index contributed by atoms with van der Waals surface area (Å²) in [4.78, 5) is 0. The average molecular weight is 347 g/mol. The van der Waals surface area contributed by atoms with Crippen molar-refractivity contribution in [3.05, 3.63) is 89.5 Å². The van der Waals surface area contributed by atoms with Crippen molar-refractivity contribution in [2.75, 3.05) is 0 Å². The number of fused-ring (bicyclic) bond motifs is 1. The maximum atomic E-state index is 9.75. The lowest BCUT2D eigenvalue weighted by molar-refractivity contribution is 0.529. The molecule has 128 valence electrons. The zero-order valence-electron chi connectivity index (χ0n) is 14.8. The van der Waals surface area contributed by atoms with Gasteiger partial charge < -0.3 is 0 Å². The number of nitrogens with zero attached hydrogens (tertiary/aromatic N) is 3. The van der Waals surface area contributed by atoms with Crippen molar-refractivity contribution in [3.8, 4) is 18.2 Å². The van der Waals surface area contributed by atoms with E-state index in [-0.39, 0.29) is 0 Å². The standard InChI is InChI=1S/C24H17N3/c25-16-21-13-12-20(22-10-4-5-11-23(21)22)15-24(17-26,18-27)14-6-9-19-7-2-1-3-8-19/h1-13H,14-15H2/b9-6+. The number of hydrogen-bond donors (Lipinski definition) is 0. The summed E-state index contributed by atoms with van der Waals surface area (Å²) in [6, 6.07) is 27.7. The SMILES string of the molecule is N#Cc1ccc(CC(C#N)(C#N)C/C=C/c2ccccc2)c2ccccc12. The third kappa shape index (κ3) is 3.87. The van der Waals surface area contributed by atoms with E-state index in [0.29, 0.717) is 18.4 Å². The summed E-state index contributed by atoms with van der Waals surface area (Å²) < 4.78 is 0. The number of allylic oxidation sites excluding steroid dienone is 1. The molecule has 27 heavy (non-hydrogen) atoms. The molecule has 0 bridgehead atoms. The molecule has 0 amide bonds. The molecule has 0 fully saturated rings. The highest BCUT2D eigenvalue weighted by atomic mass is 14.4. The van der Waals surface area contributed by atoms with Crippen molar-refractivity contribution in [2.24, 2.45) is 5.41 Å². The van der Waals surface area contributed by atoms with E-state index in [0.717, 1.165) is 21.9 Å². The van der Waals surface area contributed by atoms with Gasteiger partial charge in [-0.3, -0.25) is 0 Å². The van der Waals surface area contributed by atoms with Gasteiger partial charge in [0.25, 0.3) is 0 Å². The molecule has 0 aliphatic carbocycles. The van der Waals surface area contributed by atoms with Crippen LogP contribution in [0.25, 0.3) is 16.8 Å². The fourth-order valence-electron chi connectivity index (χ4n) is 3.17. The van der Waals surface area contributed by atoms with E-state index in [4.69, 9.17) is 0 Å². The minimum atomic E-state index is -1.15. The van der Waals surface area contributed by atoms with Crippen molar-refractivity contribution in [1.29, 1.82) is 15.8 Å². The van der Waals surface area contributed by atoms with Gasteiger partial charge in [0.05, 0.1) is 23.8 Å². The Morgan fingerprint density at radius 2 is 1.44 bits per heavy atom. The van der Waals surface area contributed by atoms with Gasteiger partial charge in [-0.05, 0) is 34.4 Å². The number of hydrogen-bond acceptors (Lipinski definition) is 3. The van der Waals surface area contributed by atoms with E-state index >= 15 is 0 Å². The molecule has 3 heteroatoms. The minimum Gasteiger partial charge on any atom is -0.197 e. The summed E-state index contributed by atoms with van der Waals surface area (Å²) in [6.45, 7) is 0. The molecular formula is C24H17N3. The van der Waals surface area contributed by atoms with Crippen molar-refractivity contribution in [1.82, 2.24) is 0 Å². The molecule has 0 radical (unpaired) electrons. The van der Waals surface area contributed by atoms with Crippen LogP contribution in [0, 0.1) is 39.4 Å². The fourth-order valence-corrected chi connectivity index (χ4v) is 3.17. The number of rotatable bonds is 5. The molecule has 0 aliphatic heterocycles. The van der Waals surface area contributed by atoms with E-state index in [1.807, 2.05) is 72.8 Å². The Morgan fingerprint density at radius 3 is 2.11 bits per heavy atom. The molecule has 0 aromatic heterocycles. The molecule has 3 aromatic carbocycles. The Labute approximate surface area is 159 Å². The first-order valence-corrected chi connectivity index (χ1v) is 8.66. The summed E-state index contributed by atoms with van der Waals surface area (Å²) in [6.07, 6.45) is 4.46. The normalized spacial score (nSPS) is 11.0. The van der Waals surface area contributed by atoms with E-state index in [2.05, 4.69) is 18.2 Å². The van der Waals surface area contributed by atoms with Crippen LogP contribution in [0.1, 0.15) is 23.1 Å². The highest BCUT2D eigenvalue weighted by molar-refractivity contribution is 5.90. The van der Waals surface area contributed by atoms with Crippen molar-refractivity contribution < 1.29 is 0 Å². The Kier molecular flexibility index (Phi) is 5.32. The first-order chi connectivity index (χ1) is 13.2. The van der Waals surface area contributed by atoms with Gasteiger partial charge in [-0.2, -0.15) is 15.8 Å². The molecule has 0 spiro atoms. The van der Waals surface area contributed by atoms with Crippen LogP contribution in [-0.2, 0) is 6.42 Å². The first kappa shape index (κ1) is 17.9. The topological polar surface area (TPSA) is 71.4 Å². The molecule has 3 aromatic rings. The zero-order valence-corrected chi connectivity index (χ0v) is 14.8. The second-order valence-corrected chi connectivity index (χ2v) is 6.43. The molecule has 3 rings (SSSR count). The van der Waals surface area contributed by atoms with E-state index in [1.54, 1.807) is 6.07 Å². The van der Waals surface area contributed by atoms with Gasteiger partial charge in [0.1, 0.15) is 0 Å². The zero-order chi connectivity index (χ0) is 19.1. The van der Waals surface area contributed by atoms with Crippen LogP contribution in [0.15, 0.2) is 72.8 Å². The summed E-state index contributed by atoms with van der Waals surface area (Å²) in [5.74, 6) is 0. The first-order valence-electron chi connectivity index (χ1n) is 8.66. The maximum Gasteiger partial charge on any atom is 0.151 e. The minimum absolute atomic E-state index is 0.311. The summed E-state index contributed by atoms with van der Waals surface area (Å²) in [5.41, 5.74) is 1.38. The second-order valence-electron chi connectivity index (χ2n) is 6.43. The van der Waals surface area contributed by atoms with Gasteiger partial charge in [-0.15, -0.1) is 0 Å². The molecule has 0 atom stereocenters. The van der Waals surface area contributed by atoms with Gasteiger partial charge in [-0.1, -0.05) is 72.8 Å². The Balaban J connectivity index is 1.92. The summed E-state index contributed by atoms with van der Waals surface area (Å²) >= 11 is 0. The Morgan fingerprint density at radius 1 is 0.778 bits per heavy atom. The lowest BCUT2D eigenvalue weighted by atomic mass is 9.80. The van der Waals surface area contributed by atoms with Crippen molar-refractivity contribution in [2.45, 2.75) is 12.8 Å². The van der Waals surface area contributed by atoms with Crippen LogP contribution in [-0.4, -0.2) is 0 Å². The average Bonchev–Trinajstić information content (AvgIpc) is 2.74. The van der Waals surface area contributed by atoms with Crippen LogP contribution >= 0.6 is 0 Å². The van der Waals surface area contributed by atoms with Crippen LogP contribution in [0.4, 0.5) is 0 Å². The second kappa shape index (κ2) is 8.01. The molecule has 0 heterocycles. The molecule has 0 aliphatic rings. The predicted octanol–water partition coefficient (Wildman–Crippen LogP) is 5.39. The van der Waals surface area contributed by atoms with E-state index in [9.17, 15) is 15.8 Å². The van der Waals surface area contributed by atoms with Gasteiger partial charge >= 0.3 is 0 Å². The van der Waals surface area contributed by atoms with Gasteiger partial charge in [-0.25, -0.2) is 0 Å². The lowest BCUT2D eigenvalue weighted by Gasteiger charge is -2.18. The van der Waals surface area contributed by atoms with Crippen molar-refractivity contribution >= 4 is 16.8 Å². The predicted molar refractivity (Wildman–Crippen MR) is 106 cm³/mol. The summed E-state index contributed by atoms with van der Waals surface area (Å²) in [7, 11) is 0. The Bertz CT molecular complexity index is 1090. The van der Waals surface area contributed by atoms with Crippen LogP contribution < -0.4 is 0 Å². The summed E-state index contributed by atoms with van der Waals surface area (Å²) in [5, 5.41) is 30.6. The van der Waals surface area contributed by atoms with E-state index < -0.39 is 5.41 Å². The largest absolute Gasteiger partial charge is 0.197 e. The molecule has 3 nitrogen and oxygen atoms in total. The molecule has 0 saturated carbocycles. The molecular weight excluding hydrogens is 330 g/mol. The van der Waals surface area contributed by atoms with Gasteiger partial charge in [0, 0.05) is 6.42 Å². The van der Waals surface area contributed by atoms with Crippen LogP contribution in [0.2, 0.25) is 0 Å². The van der Waals surface area contributed by atoms with E-state index in [1.165, 1.54) is 0 Å². The third-order valence-electron chi connectivity index (χ3n) is 4.63. The third-order valence-corrected chi connectivity index (χ3v) is 4.63. The highest BCUT2D eigenvalue weighted by Gasteiger charge is 2.30. The van der Waals surface area contributed by atoms with Gasteiger partial charge in [0.2, 0.25) is 0 Å². The fraction of sp³-hybridized carbons (Fsp3) is 0.125. The highest BCUT2D eigenvalue weighted by Crippen LogP contribution is 2.31. The van der Waals surface area contributed by atoms with Gasteiger partial charge in [0.15, 0.2) is 5.41 Å². The molecule has 0 unspecified atom stereocenters. The smallest absolute Gasteiger partial charge is 0.151 e. The van der Waals surface area contributed by atoms with Crippen molar-refractivity contribution in [3.63, 3.8) is 0 Å². The molecule has 0 saturated heterocycles. The van der Waals surface area contributed by atoms with Crippen LogP contribution in [0.5, 0.6) is 0 Å². The van der Waals surface area contributed by atoms with Crippen LogP contribution in [0.3, 0.4) is 0 Å². The number of benzene rings is 3. The molecule has 0 N–H and O–H groups in total. The maximum absolute atomic E-state index is 9.75. The monoisotopic (exact) mass is 347 g/mol. The quantitative estimate of drug-likeness (QED) is 0.621.